The molecule has 0 aliphatic rings. The summed E-state index contributed by atoms with van der Waals surface area (Å²) in [7, 11) is 1.60. The van der Waals surface area contributed by atoms with Crippen molar-refractivity contribution in [1.82, 2.24) is 0 Å². The standard InChI is InChI=1S/C25H21NO5/c1-4-24(27)30-22-10-6-8-19(16-22)26(18-12-14-21(29-3)15-13-18)20-9-7-11-23(17-20)31-25(28)5-2/h4-17H,1-2H2,3H3. The maximum absolute atomic E-state index is 11.6. The van der Waals surface area contributed by atoms with E-state index in [0.29, 0.717) is 17.2 Å². The molecule has 0 spiro atoms. The third kappa shape index (κ3) is 5.39. The van der Waals surface area contributed by atoms with E-state index in [9.17, 15) is 9.59 Å². The number of carbonyl (C=O) groups excluding carboxylic acids is 2. The molecule has 3 rings (SSSR count). The van der Waals surface area contributed by atoms with Gasteiger partial charge in [-0.05, 0) is 48.5 Å². The van der Waals surface area contributed by atoms with Crippen LogP contribution in [-0.4, -0.2) is 19.0 Å². The lowest BCUT2D eigenvalue weighted by molar-refractivity contribution is -0.129. The average Bonchev–Trinajstić information content (AvgIpc) is 2.80. The summed E-state index contributed by atoms with van der Waals surface area (Å²) >= 11 is 0. The van der Waals surface area contributed by atoms with Crippen molar-refractivity contribution in [3.63, 3.8) is 0 Å². The van der Waals surface area contributed by atoms with Crippen LogP contribution in [0.5, 0.6) is 17.2 Å². The van der Waals surface area contributed by atoms with Gasteiger partial charge in [0.15, 0.2) is 0 Å². The minimum atomic E-state index is -0.550. The summed E-state index contributed by atoms with van der Waals surface area (Å²) in [5, 5.41) is 0. The molecule has 0 heterocycles. The highest BCUT2D eigenvalue weighted by Gasteiger charge is 2.15. The summed E-state index contributed by atoms with van der Waals surface area (Å²) in [5.74, 6) is 0.356. The zero-order chi connectivity index (χ0) is 22.2. The van der Waals surface area contributed by atoms with Crippen molar-refractivity contribution >= 4 is 29.0 Å². The Bertz CT molecular complexity index is 1040. The first kappa shape index (κ1) is 21.4. The third-order valence-corrected chi connectivity index (χ3v) is 4.25. The first-order valence-electron chi connectivity index (χ1n) is 9.37. The lowest BCUT2D eigenvalue weighted by Crippen LogP contribution is -2.11. The number of benzene rings is 3. The quantitative estimate of drug-likeness (QED) is 0.281. The van der Waals surface area contributed by atoms with Gasteiger partial charge in [0.25, 0.3) is 0 Å². The zero-order valence-electron chi connectivity index (χ0n) is 17.0. The Labute approximate surface area is 180 Å². The van der Waals surface area contributed by atoms with E-state index in [1.54, 1.807) is 43.5 Å². The van der Waals surface area contributed by atoms with Crippen molar-refractivity contribution in [2.75, 3.05) is 12.0 Å². The molecule has 3 aromatic rings. The number of hydrogen-bond donors (Lipinski definition) is 0. The van der Waals surface area contributed by atoms with E-state index >= 15 is 0 Å². The molecule has 6 heteroatoms. The summed E-state index contributed by atoms with van der Waals surface area (Å²) in [6.07, 6.45) is 2.21. The summed E-state index contributed by atoms with van der Waals surface area (Å²) in [5.41, 5.74) is 2.28. The highest BCUT2D eigenvalue weighted by molar-refractivity contribution is 5.85. The molecule has 0 aromatic heterocycles. The second kappa shape index (κ2) is 9.93. The predicted molar refractivity (Wildman–Crippen MR) is 119 cm³/mol. The highest BCUT2D eigenvalue weighted by Crippen LogP contribution is 2.38. The van der Waals surface area contributed by atoms with Gasteiger partial charge in [-0.2, -0.15) is 0 Å². The van der Waals surface area contributed by atoms with E-state index in [1.165, 1.54) is 0 Å². The molecule has 3 aromatic carbocycles. The number of esters is 2. The lowest BCUT2D eigenvalue weighted by Gasteiger charge is -2.26. The first-order valence-corrected chi connectivity index (χ1v) is 9.37. The molecule has 0 saturated heterocycles. The zero-order valence-corrected chi connectivity index (χ0v) is 17.0. The predicted octanol–water partition coefficient (Wildman–Crippen LogP) is 5.35. The number of rotatable bonds is 8. The SMILES string of the molecule is C=CC(=O)Oc1cccc(N(c2ccc(OC)cc2)c2cccc(OC(=O)C=C)c2)c1. The highest BCUT2D eigenvalue weighted by atomic mass is 16.5. The fourth-order valence-electron chi connectivity index (χ4n) is 2.87. The topological polar surface area (TPSA) is 65.1 Å². The van der Waals surface area contributed by atoms with Crippen LogP contribution < -0.4 is 19.1 Å². The maximum Gasteiger partial charge on any atom is 0.335 e. The fourth-order valence-corrected chi connectivity index (χ4v) is 2.87. The second-order valence-corrected chi connectivity index (χ2v) is 6.28. The maximum atomic E-state index is 11.6. The molecule has 0 atom stereocenters. The van der Waals surface area contributed by atoms with Gasteiger partial charge in [0, 0.05) is 41.3 Å². The van der Waals surface area contributed by atoms with E-state index in [0.717, 1.165) is 29.2 Å². The molecular formula is C25H21NO5. The molecule has 0 unspecified atom stereocenters. The molecule has 0 fully saturated rings. The summed E-state index contributed by atoms with van der Waals surface area (Å²) in [6.45, 7) is 6.84. The molecule has 0 N–H and O–H groups in total. The van der Waals surface area contributed by atoms with Crippen LogP contribution >= 0.6 is 0 Å². The van der Waals surface area contributed by atoms with Gasteiger partial charge in [-0.15, -0.1) is 0 Å². The van der Waals surface area contributed by atoms with Crippen LogP contribution in [0.1, 0.15) is 0 Å². The van der Waals surface area contributed by atoms with Crippen molar-refractivity contribution in [3.8, 4) is 17.2 Å². The number of anilines is 3. The Kier molecular flexibility index (Phi) is 6.85. The average molecular weight is 415 g/mol. The Morgan fingerprint density at radius 2 is 1.19 bits per heavy atom. The Morgan fingerprint density at radius 3 is 1.61 bits per heavy atom. The van der Waals surface area contributed by atoms with Gasteiger partial charge in [0.05, 0.1) is 7.11 Å². The molecule has 0 bridgehead atoms. The van der Waals surface area contributed by atoms with E-state index in [-0.39, 0.29) is 0 Å². The molecule has 0 amide bonds. The second-order valence-electron chi connectivity index (χ2n) is 6.28. The van der Waals surface area contributed by atoms with Crippen molar-refractivity contribution in [1.29, 1.82) is 0 Å². The summed E-state index contributed by atoms with van der Waals surface area (Å²) < 4.78 is 15.8. The number of hydrogen-bond acceptors (Lipinski definition) is 6. The van der Waals surface area contributed by atoms with E-state index in [2.05, 4.69) is 13.2 Å². The molecule has 0 aliphatic carbocycles. The van der Waals surface area contributed by atoms with Crippen molar-refractivity contribution < 1.29 is 23.8 Å². The normalized spacial score (nSPS) is 9.97. The van der Waals surface area contributed by atoms with Crippen LogP contribution in [0.4, 0.5) is 17.1 Å². The molecule has 0 radical (unpaired) electrons. The van der Waals surface area contributed by atoms with Gasteiger partial charge >= 0.3 is 11.9 Å². The molecule has 0 aliphatic heterocycles. The van der Waals surface area contributed by atoms with Crippen LogP contribution in [0.3, 0.4) is 0 Å². The van der Waals surface area contributed by atoms with E-state index < -0.39 is 11.9 Å². The van der Waals surface area contributed by atoms with Crippen molar-refractivity contribution in [2.24, 2.45) is 0 Å². The molecule has 0 saturated carbocycles. The van der Waals surface area contributed by atoms with Crippen LogP contribution in [0.2, 0.25) is 0 Å². The monoisotopic (exact) mass is 415 g/mol. The van der Waals surface area contributed by atoms with Gasteiger partial charge in [-0.3, -0.25) is 0 Å². The van der Waals surface area contributed by atoms with E-state index in [1.807, 2.05) is 41.3 Å². The number of nitrogens with zero attached hydrogens (tertiary/aromatic N) is 1. The van der Waals surface area contributed by atoms with Gasteiger partial charge in [0.2, 0.25) is 0 Å². The Morgan fingerprint density at radius 1 is 0.710 bits per heavy atom. The third-order valence-electron chi connectivity index (χ3n) is 4.25. The largest absolute Gasteiger partial charge is 0.497 e. The van der Waals surface area contributed by atoms with Crippen LogP contribution in [-0.2, 0) is 9.59 Å². The molecule has 156 valence electrons. The summed E-state index contributed by atoms with van der Waals surface area (Å²) in [4.78, 5) is 25.2. The Hall–Kier alpha value is -4.32. The van der Waals surface area contributed by atoms with Gasteiger partial charge < -0.3 is 19.1 Å². The lowest BCUT2D eigenvalue weighted by atomic mass is 10.1. The minimum absolute atomic E-state index is 0.371. The summed E-state index contributed by atoms with van der Waals surface area (Å²) in [6, 6.07) is 21.6. The Balaban J connectivity index is 2.08. The van der Waals surface area contributed by atoms with Crippen LogP contribution in [0.15, 0.2) is 98.1 Å². The van der Waals surface area contributed by atoms with Gasteiger partial charge in [-0.1, -0.05) is 25.3 Å². The number of ether oxygens (including phenoxy) is 3. The molecule has 6 nitrogen and oxygen atoms in total. The smallest absolute Gasteiger partial charge is 0.335 e. The number of methoxy groups -OCH3 is 1. The first-order chi connectivity index (χ1) is 15.0. The van der Waals surface area contributed by atoms with Gasteiger partial charge in [-0.25, -0.2) is 9.59 Å². The van der Waals surface area contributed by atoms with Gasteiger partial charge in [0.1, 0.15) is 17.2 Å². The minimum Gasteiger partial charge on any atom is -0.497 e. The van der Waals surface area contributed by atoms with Crippen molar-refractivity contribution in [2.45, 2.75) is 0 Å². The molecular weight excluding hydrogens is 394 g/mol. The van der Waals surface area contributed by atoms with Crippen LogP contribution in [0.25, 0.3) is 0 Å². The fraction of sp³-hybridized carbons (Fsp3) is 0.0400. The number of carbonyl (C=O) groups is 2. The van der Waals surface area contributed by atoms with Crippen molar-refractivity contribution in [3.05, 3.63) is 98.1 Å². The van der Waals surface area contributed by atoms with E-state index in [4.69, 9.17) is 14.2 Å². The van der Waals surface area contributed by atoms with Crippen LogP contribution in [0, 0.1) is 0 Å². The molecule has 31 heavy (non-hydrogen) atoms.